The van der Waals surface area contributed by atoms with Gasteiger partial charge in [0.25, 0.3) is 5.91 Å². The van der Waals surface area contributed by atoms with Gasteiger partial charge in [0.2, 0.25) is 10.0 Å². The van der Waals surface area contributed by atoms with Crippen LogP contribution in [0, 0.1) is 0 Å². The van der Waals surface area contributed by atoms with Crippen molar-refractivity contribution in [2.75, 3.05) is 12.4 Å². The van der Waals surface area contributed by atoms with Crippen LogP contribution in [0.3, 0.4) is 0 Å². The normalized spacial score (nSPS) is 11.8. The highest BCUT2D eigenvalue weighted by molar-refractivity contribution is 7.89. The van der Waals surface area contributed by atoms with Crippen LogP contribution in [0.15, 0.2) is 60.0 Å². The molecule has 0 aliphatic carbocycles. The monoisotopic (exact) mass is 433 g/mol. The third-order valence-corrected chi connectivity index (χ3v) is 6.76. The van der Waals surface area contributed by atoms with E-state index in [-0.39, 0.29) is 10.9 Å². The van der Waals surface area contributed by atoms with Crippen molar-refractivity contribution in [1.82, 2.24) is 19.1 Å². The molecule has 8 nitrogen and oxygen atoms in total. The number of anilines is 1. The van der Waals surface area contributed by atoms with Crippen molar-refractivity contribution in [2.45, 2.75) is 24.8 Å². The first kappa shape index (κ1) is 21.0. The van der Waals surface area contributed by atoms with Crippen LogP contribution < -0.4 is 5.32 Å². The molecule has 0 saturated carbocycles. The van der Waals surface area contributed by atoms with E-state index in [0.717, 1.165) is 0 Å². The molecule has 29 heavy (non-hydrogen) atoms. The van der Waals surface area contributed by atoms with Gasteiger partial charge in [-0.1, -0.05) is 17.7 Å². The molecule has 2 aromatic carbocycles. The van der Waals surface area contributed by atoms with Gasteiger partial charge in [0, 0.05) is 18.7 Å². The molecule has 0 bridgehead atoms. The lowest BCUT2D eigenvalue weighted by Crippen LogP contribution is -2.33. The Hall–Kier alpha value is -2.75. The highest BCUT2D eigenvalue weighted by atomic mass is 35.5. The zero-order chi connectivity index (χ0) is 21.2. The number of para-hydroxylation sites is 1. The maximum Gasteiger partial charge on any atom is 0.255 e. The number of hydrogen-bond acceptors (Lipinski definition) is 5. The summed E-state index contributed by atoms with van der Waals surface area (Å²) in [5.41, 5.74) is 1.24. The molecule has 1 N–H and O–H groups in total. The summed E-state index contributed by atoms with van der Waals surface area (Å²) >= 11 is 6.27. The average Bonchev–Trinajstić information content (AvgIpc) is 3.21. The van der Waals surface area contributed by atoms with E-state index in [1.165, 1.54) is 53.0 Å². The second kappa shape index (κ2) is 8.32. The first-order valence-corrected chi connectivity index (χ1v) is 10.6. The van der Waals surface area contributed by atoms with E-state index in [9.17, 15) is 13.2 Å². The van der Waals surface area contributed by atoms with Gasteiger partial charge < -0.3 is 5.32 Å². The van der Waals surface area contributed by atoms with Crippen LogP contribution in [0.5, 0.6) is 0 Å². The molecule has 10 heteroatoms. The Kier molecular flexibility index (Phi) is 6.02. The Labute approximate surface area is 174 Å². The van der Waals surface area contributed by atoms with Crippen molar-refractivity contribution >= 4 is 33.2 Å². The van der Waals surface area contributed by atoms with E-state index in [1.54, 1.807) is 32.0 Å². The zero-order valence-corrected chi connectivity index (χ0v) is 17.6. The summed E-state index contributed by atoms with van der Waals surface area (Å²) in [6.07, 6.45) is 2.84. The minimum Gasteiger partial charge on any atom is -0.320 e. The molecule has 0 fully saturated rings. The summed E-state index contributed by atoms with van der Waals surface area (Å²) in [7, 11) is -2.10. The van der Waals surface area contributed by atoms with E-state index in [0.29, 0.717) is 22.0 Å². The third kappa shape index (κ3) is 4.31. The van der Waals surface area contributed by atoms with Crippen LogP contribution in [-0.4, -0.2) is 46.5 Å². The zero-order valence-electron chi connectivity index (χ0n) is 16.1. The molecular formula is C19H20ClN5O3S. The Balaban J connectivity index is 1.86. The number of rotatable bonds is 6. The number of sulfonamides is 1. The van der Waals surface area contributed by atoms with Crippen LogP contribution in [0.25, 0.3) is 5.69 Å². The largest absolute Gasteiger partial charge is 0.320 e. The van der Waals surface area contributed by atoms with Gasteiger partial charge in [-0.2, -0.15) is 9.40 Å². The predicted molar refractivity (Wildman–Crippen MR) is 111 cm³/mol. The summed E-state index contributed by atoms with van der Waals surface area (Å²) < 4.78 is 27.8. The smallest absolute Gasteiger partial charge is 0.255 e. The topological polar surface area (TPSA) is 97.2 Å². The van der Waals surface area contributed by atoms with Crippen molar-refractivity contribution in [2.24, 2.45) is 0 Å². The minimum absolute atomic E-state index is 0.122. The fourth-order valence-corrected chi connectivity index (χ4v) is 4.22. The average molecular weight is 434 g/mol. The first-order valence-electron chi connectivity index (χ1n) is 8.75. The van der Waals surface area contributed by atoms with Gasteiger partial charge >= 0.3 is 0 Å². The predicted octanol–water partition coefficient (Wildman–Crippen LogP) is 3.20. The SMILES string of the molecule is CC(C)N(C)S(=O)(=O)c1ccc(C(=O)Nc2cccc(Cl)c2-n2cncn2)cc1. The van der Waals surface area contributed by atoms with Crippen molar-refractivity contribution in [3.05, 3.63) is 65.7 Å². The Morgan fingerprint density at radius 2 is 1.86 bits per heavy atom. The molecule has 0 atom stereocenters. The van der Waals surface area contributed by atoms with Gasteiger partial charge in [0.05, 0.1) is 15.6 Å². The number of halogens is 1. The highest BCUT2D eigenvalue weighted by Crippen LogP contribution is 2.28. The standard InChI is InChI=1S/C19H20ClN5O3S/c1-13(2)24(3)29(27,28)15-9-7-14(8-10-15)19(26)23-17-6-4-5-16(20)18(17)25-12-21-11-22-25/h4-13H,1-3H3,(H,23,26). The third-order valence-electron chi connectivity index (χ3n) is 4.40. The number of aromatic nitrogens is 3. The summed E-state index contributed by atoms with van der Waals surface area (Å²) in [4.78, 5) is 16.7. The number of nitrogens with one attached hydrogen (secondary N) is 1. The second-order valence-corrected chi connectivity index (χ2v) is 8.97. The van der Waals surface area contributed by atoms with E-state index in [1.807, 2.05) is 0 Å². The summed E-state index contributed by atoms with van der Waals surface area (Å²) in [6.45, 7) is 3.58. The first-order chi connectivity index (χ1) is 13.7. The number of hydrogen-bond donors (Lipinski definition) is 1. The molecule has 3 aromatic rings. The molecule has 1 heterocycles. The lowest BCUT2D eigenvalue weighted by molar-refractivity contribution is 0.102. The van der Waals surface area contributed by atoms with Crippen molar-refractivity contribution in [3.63, 3.8) is 0 Å². The molecule has 152 valence electrons. The van der Waals surface area contributed by atoms with Gasteiger partial charge in [0.15, 0.2) is 0 Å². The number of carbonyl (C=O) groups excluding carboxylic acids is 1. The van der Waals surface area contributed by atoms with Gasteiger partial charge in [-0.05, 0) is 50.2 Å². The molecule has 0 saturated heterocycles. The molecule has 1 aromatic heterocycles. The van der Waals surface area contributed by atoms with E-state index >= 15 is 0 Å². The fraction of sp³-hybridized carbons (Fsp3) is 0.211. The van der Waals surface area contributed by atoms with E-state index in [4.69, 9.17) is 11.6 Å². The Bertz CT molecular complexity index is 1110. The maximum absolute atomic E-state index is 12.7. The van der Waals surface area contributed by atoms with Crippen LogP contribution in [0.1, 0.15) is 24.2 Å². The van der Waals surface area contributed by atoms with E-state index < -0.39 is 15.9 Å². The van der Waals surface area contributed by atoms with Crippen molar-refractivity contribution in [3.8, 4) is 5.69 Å². The number of nitrogens with zero attached hydrogens (tertiary/aromatic N) is 4. The summed E-state index contributed by atoms with van der Waals surface area (Å²) in [5.74, 6) is -0.408. The van der Waals surface area contributed by atoms with Gasteiger partial charge in [0.1, 0.15) is 18.3 Å². The summed E-state index contributed by atoms with van der Waals surface area (Å²) in [6, 6.07) is 10.7. The fourth-order valence-electron chi connectivity index (χ4n) is 2.59. The molecule has 0 spiro atoms. The van der Waals surface area contributed by atoms with Crippen LogP contribution in [0.2, 0.25) is 5.02 Å². The van der Waals surface area contributed by atoms with Crippen LogP contribution in [0.4, 0.5) is 5.69 Å². The van der Waals surface area contributed by atoms with Crippen LogP contribution >= 0.6 is 11.6 Å². The van der Waals surface area contributed by atoms with E-state index in [2.05, 4.69) is 15.4 Å². The van der Waals surface area contributed by atoms with Gasteiger partial charge in [-0.3, -0.25) is 4.79 Å². The molecule has 0 radical (unpaired) electrons. The molecular weight excluding hydrogens is 414 g/mol. The molecule has 1 amide bonds. The molecule has 0 unspecified atom stereocenters. The number of benzene rings is 2. The van der Waals surface area contributed by atoms with Crippen molar-refractivity contribution in [1.29, 1.82) is 0 Å². The quantitative estimate of drug-likeness (QED) is 0.643. The minimum atomic E-state index is -3.62. The van der Waals surface area contributed by atoms with Crippen molar-refractivity contribution < 1.29 is 13.2 Å². The number of amides is 1. The number of carbonyl (C=O) groups is 1. The van der Waals surface area contributed by atoms with Gasteiger partial charge in [-0.15, -0.1) is 0 Å². The lowest BCUT2D eigenvalue weighted by atomic mass is 10.2. The Morgan fingerprint density at radius 3 is 2.45 bits per heavy atom. The second-order valence-electron chi connectivity index (χ2n) is 6.57. The summed E-state index contributed by atoms with van der Waals surface area (Å²) in [5, 5.41) is 7.23. The Morgan fingerprint density at radius 1 is 1.17 bits per heavy atom. The highest BCUT2D eigenvalue weighted by Gasteiger charge is 2.23. The maximum atomic E-state index is 12.7. The molecule has 3 rings (SSSR count). The van der Waals surface area contributed by atoms with Crippen LogP contribution in [-0.2, 0) is 10.0 Å². The molecule has 0 aliphatic heterocycles. The molecule has 0 aliphatic rings. The lowest BCUT2D eigenvalue weighted by Gasteiger charge is -2.21. The van der Waals surface area contributed by atoms with Gasteiger partial charge in [-0.25, -0.2) is 18.1 Å².